The van der Waals surface area contributed by atoms with Crippen molar-refractivity contribution >= 4 is 11.6 Å². The predicted octanol–water partition coefficient (Wildman–Crippen LogP) is 1.15. The highest BCUT2D eigenvalue weighted by Gasteiger charge is 2.19. The van der Waals surface area contributed by atoms with Gasteiger partial charge in [-0.2, -0.15) is 0 Å². The van der Waals surface area contributed by atoms with E-state index in [0.29, 0.717) is 0 Å². The number of rotatable bonds is 4. The molecular formula is C13H19ClN2O. The van der Waals surface area contributed by atoms with Crippen molar-refractivity contribution in [2.45, 2.75) is 12.5 Å². The molecule has 17 heavy (non-hydrogen) atoms. The van der Waals surface area contributed by atoms with Crippen LogP contribution in [-0.2, 0) is 6.42 Å². The van der Waals surface area contributed by atoms with E-state index in [0.717, 1.165) is 37.6 Å². The van der Waals surface area contributed by atoms with Crippen LogP contribution in [-0.4, -0.2) is 48.8 Å². The number of aliphatic hydroxyl groups excluding tert-OH is 1. The maximum atomic E-state index is 9.51. The molecule has 0 amide bonds. The number of nitrogens with one attached hydrogen (secondary N) is 1. The lowest BCUT2D eigenvalue weighted by atomic mass is 10.0. The van der Waals surface area contributed by atoms with Gasteiger partial charge in [0.1, 0.15) is 0 Å². The maximum Gasteiger partial charge on any atom is 0.0590 e. The lowest BCUT2D eigenvalue weighted by molar-refractivity contribution is 0.110. The van der Waals surface area contributed by atoms with Gasteiger partial charge in [-0.1, -0.05) is 23.7 Å². The van der Waals surface area contributed by atoms with Gasteiger partial charge in [-0.3, -0.25) is 4.90 Å². The first-order chi connectivity index (χ1) is 8.29. The minimum Gasteiger partial charge on any atom is -0.395 e. The van der Waals surface area contributed by atoms with E-state index in [9.17, 15) is 5.11 Å². The van der Waals surface area contributed by atoms with Crippen molar-refractivity contribution in [2.24, 2.45) is 0 Å². The van der Waals surface area contributed by atoms with Crippen LogP contribution in [0.3, 0.4) is 0 Å². The molecule has 3 nitrogen and oxygen atoms in total. The molecule has 1 atom stereocenters. The Hall–Kier alpha value is -0.610. The minimum atomic E-state index is 0.211. The fourth-order valence-electron chi connectivity index (χ4n) is 2.25. The summed E-state index contributed by atoms with van der Waals surface area (Å²) in [6.07, 6.45) is 0.883. The molecule has 0 aliphatic carbocycles. The number of nitrogens with zero attached hydrogens (tertiary/aromatic N) is 1. The highest BCUT2D eigenvalue weighted by Crippen LogP contribution is 2.13. The second-order valence-corrected chi connectivity index (χ2v) is 4.89. The van der Waals surface area contributed by atoms with Crippen LogP contribution in [0.25, 0.3) is 0 Å². The third kappa shape index (κ3) is 3.68. The summed E-state index contributed by atoms with van der Waals surface area (Å²) in [5.74, 6) is 0. The molecule has 1 aromatic rings. The predicted molar refractivity (Wildman–Crippen MR) is 70.5 cm³/mol. The van der Waals surface area contributed by atoms with Crippen molar-refractivity contribution in [2.75, 3.05) is 32.8 Å². The Bertz CT molecular complexity index is 336. The fourth-order valence-corrected chi connectivity index (χ4v) is 2.37. The molecule has 0 aromatic heterocycles. The van der Waals surface area contributed by atoms with Crippen LogP contribution in [0.2, 0.25) is 5.02 Å². The maximum absolute atomic E-state index is 9.51. The lowest BCUT2D eigenvalue weighted by Gasteiger charge is -2.34. The summed E-state index contributed by atoms with van der Waals surface area (Å²) >= 11 is 5.86. The molecule has 1 saturated heterocycles. The lowest BCUT2D eigenvalue weighted by Crippen LogP contribution is -2.50. The number of piperazine rings is 1. The minimum absolute atomic E-state index is 0.211. The molecular weight excluding hydrogens is 236 g/mol. The molecule has 2 N–H and O–H groups in total. The average molecular weight is 255 g/mol. The quantitative estimate of drug-likeness (QED) is 0.846. The molecule has 1 fully saturated rings. The molecule has 2 rings (SSSR count). The third-order valence-corrected chi connectivity index (χ3v) is 3.52. The van der Waals surface area contributed by atoms with E-state index in [1.54, 1.807) is 0 Å². The molecule has 0 spiro atoms. The van der Waals surface area contributed by atoms with Gasteiger partial charge in [0.05, 0.1) is 6.61 Å². The van der Waals surface area contributed by atoms with Crippen molar-refractivity contribution in [3.05, 3.63) is 34.9 Å². The molecule has 1 aliphatic heterocycles. The summed E-state index contributed by atoms with van der Waals surface area (Å²) in [4.78, 5) is 2.35. The molecule has 94 valence electrons. The van der Waals surface area contributed by atoms with Gasteiger partial charge in [0.25, 0.3) is 0 Å². The summed E-state index contributed by atoms with van der Waals surface area (Å²) in [6.45, 7) is 4.26. The average Bonchev–Trinajstić information content (AvgIpc) is 2.39. The van der Waals surface area contributed by atoms with Crippen molar-refractivity contribution in [1.29, 1.82) is 0 Å². The van der Waals surface area contributed by atoms with Crippen LogP contribution in [0.4, 0.5) is 0 Å². The van der Waals surface area contributed by atoms with Crippen LogP contribution in [0.15, 0.2) is 24.3 Å². The number of halogens is 1. The van der Waals surface area contributed by atoms with Gasteiger partial charge in [0, 0.05) is 37.2 Å². The first-order valence-electron chi connectivity index (χ1n) is 6.09. The Balaban J connectivity index is 1.96. The van der Waals surface area contributed by atoms with Crippen molar-refractivity contribution < 1.29 is 5.11 Å². The van der Waals surface area contributed by atoms with Gasteiger partial charge < -0.3 is 10.4 Å². The zero-order chi connectivity index (χ0) is 12.1. The summed E-state index contributed by atoms with van der Waals surface area (Å²) in [5, 5.41) is 13.6. The first-order valence-corrected chi connectivity index (χ1v) is 6.47. The molecule has 4 heteroatoms. The summed E-state index contributed by atoms with van der Waals surface area (Å²) in [6, 6.07) is 8.10. The summed E-state index contributed by atoms with van der Waals surface area (Å²) in [7, 11) is 0. The van der Waals surface area contributed by atoms with Crippen molar-refractivity contribution in [3.63, 3.8) is 0 Å². The normalized spacial score (nSPS) is 19.2. The van der Waals surface area contributed by atoms with Gasteiger partial charge in [0.15, 0.2) is 0 Å². The van der Waals surface area contributed by atoms with Gasteiger partial charge in [-0.05, 0) is 24.1 Å². The van der Waals surface area contributed by atoms with E-state index in [1.807, 2.05) is 24.3 Å². The second-order valence-electron chi connectivity index (χ2n) is 4.45. The van der Waals surface area contributed by atoms with Gasteiger partial charge in [0.2, 0.25) is 0 Å². The highest BCUT2D eigenvalue weighted by molar-refractivity contribution is 6.30. The molecule has 0 radical (unpaired) electrons. The monoisotopic (exact) mass is 254 g/mol. The highest BCUT2D eigenvalue weighted by atomic mass is 35.5. The Kier molecular flexibility index (Phi) is 4.80. The fraction of sp³-hybridized carbons (Fsp3) is 0.538. The topological polar surface area (TPSA) is 35.5 Å². The Morgan fingerprint density at radius 2 is 1.88 bits per heavy atom. The van der Waals surface area contributed by atoms with E-state index >= 15 is 0 Å². The Labute approximate surface area is 107 Å². The van der Waals surface area contributed by atoms with Crippen molar-refractivity contribution in [1.82, 2.24) is 10.2 Å². The van der Waals surface area contributed by atoms with E-state index in [4.69, 9.17) is 11.6 Å². The van der Waals surface area contributed by atoms with Gasteiger partial charge in [-0.25, -0.2) is 0 Å². The molecule has 1 heterocycles. The van der Waals surface area contributed by atoms with Crippen LogP contribution < -0.4 is 5.32 Å². The van der Waals surface area contributed by atoms with Crippen LogP contribution >= 0.6 is 11.6 Å². The molecule has 1 aliphatic rings. The second kappa shape index (κ2) is 6.36. The zero-order valence-electron chi connectivity index (χ0n) is 9.90. The van der Waals surface area contributed by atoms with E-state index in [2.05, 4.69) is 10.2 Å². The van der Waals surface area contributed by atoms with E-state index in [1.165, 1.54) is 5.56 Å². The SMILES string of the molecule is OCC(Cc1ccc(Cl)cc1)N1CCNCC1. The Morgan fingerprint density at radius 3 is 2.47 bits per heavy atom. The van der Waals surface area contributed by atoms with Crippen LogP contribution in [0.1, 0.15) is 5.56 Å². The number of aliphatic hydroxyl groups is 1. The third-order valence-electron chi connectivity index (χ3n) is 3.26. The molecule has 0 bridgehead atoms. The first kappa shape index (κ1) is 12.8. The van der Waals surface area contributed by atoms with Crippen molar-refractivity contribution in [3.8, 4) is 0 Å². The number of benzene rings is 1. The summed E-state index contributed by atoms with van der Waals surface area (Å²) < 4.78 is 0. The smallest absolute Gasteiger partial charge is 0.0590 e. The zero-order valence-corrected chi connectivity index (χ0v) is 10.7. The molecule has 1 aromatic carbocycles. The van der Waals surface area contributed by atoms with Crippen LogP contribution in [0.5, 0.6) is 0 Å². The standard InChI is InChI=1S/C13H19ClN2O/c14-12-3-1-11(2-4-12)9-13(10-17)16-7-5-15-6-8-16/h1-4,13,15,17H,5-10H2. The van der Waals surface area contributed by atoms with E-state index in [-0.39, 0.29) is 12.6 Å². The van der Waals surface area contributed by atoms with Gasteiger partial charge in [-0.15, -0.1) is 0 Å². The molecule has 1 unspecified atom stereocenters. The molecule has 0 saturated carbocycles. The number of hydrogen-bond acceptors (Lipinski definition) is 3. The van der Waals surface area contributed by atoms with Gasteiger partial charge >= 0.3 is 0 Å². The largest absolute Gasteiger partial charge is 0.395 e. The summed E-state index contributed by atoms with van der Waals surface area (Å²) in [5.41, 5.74) is 1.23. The Morgan fingerprint density at radius 1 is 1.24 bits per heavy atom. The van der Waals surface area contributed by atoms with E-state index < -0.39 is 0 Å². The number of hydrogen-bond donors (Lipinski definition) is 2. The van der Waals surface area contributed by atoms with Crippen LogP contribution in [0, 0.1) is 0 Å².